The SMILES string of the molecule is C[C@@](O)(c1ccc(N2CCN(S(=O)(=O)c3ccc(N)s3)C[C@@H]2CC2CCOCC2)cc1)C(F)(F)F. The van der Waals surface area contributed by atoms with Crippen molar-refractivity contribution in [1.82, 2.24) is 4.31 Å². The largest absolute Gasteiger partial charge is 0.421 e. The van der Waals surface area contributed by atoms with E-state index in [4.69, 9.17) is 10.5 Å². The number of nitrogen functional groups attached to an aromatic ring is 1. The van der Waals surface area contributed by atoms with Gasteiger partial charge in [-0.05, 0) is 61.9 Å². The molecule has 2 atom stereocenters. The van der Waals surface area contributed by atoms with Crippen LogP contribution in [0.15, 0.2) is 40.6 Å². The summed E-state index contributed by atoms with van der Waals surface area (Å²) >= 11 is 1.03. The molecule has 0 bridgehead atoms. The third-order valence-electron chi connectivity index (χ3n) is 6.90. The number of ether oxygens (including phenoxy) is 1. The highest BCUT2D eigenvalue weighted by Crippen LogP contribution is 2.39. The molecular formula is C23H30F3N3O4S2. The van der Waals surface area contributed by atoms with Crippen LogP contribution in [-0.2, 0) is 20.4 Å². The lowest BCUT2D eigenvalue weighted by molar-refractivity contribution is -0.258. The molecular weight excluding hydrogens is 503 g/mol. The van der Waals surface area contributed by atoms with Crippen molar-refractivity contribution < 1.29 is 31.4 Å². The van der Waals surface area contributed by atoms with Crippen LogP contribution >= 0.6 is 11.3 Å². The maximum absolute atomic E-state index is 13.3. The van der Waals surface area contributed by atoms with E-state index in [0.717, 1.165) is 37.5 Å². The van der Waals surface area contributed by atoms with Gasteiger partial charge in [-0.1, -0.05) is 12.1 Å². The molecule has 1 aromatic carbocycles. The molecule has 0 unspecified atom stereocenters. The Bertz CT molecular complexity index is 1110. The van der Waals surface area contributed by atoms with Gasteiger partial charge in [-0.3, -0.25) is 0 Å². The van der Waals surface area contributed by atoms with Gasteiger partial charge < -0.3 is 20.5 Å². The molecule has 2 aliphatic heterocycles. The van der Waals surface area contributed by atoms with Crippen molar-refractivity contribution >= 4 is 32.0 Å². The monoisotopic (exact) mass is 533 g/mol. The van der Waals surface area contributed by atoms with Gasteiger partial charge in [0, 0.05) is 44.6 Å². The van der Waals surface area contributed by atoms with E-state index < -0.39 is 21.8 Å². The highest BCUT2D eigenvalue weighted by molar-refractivity contribution is 7.91. The zero-order valence-electron chi connectivity index (χ0n) is 19.4. The first-order valence-electron chi connectivity index (χ1n) is 11.5. The number of halogens is 3. The molecule has 0 radical (unpaired) electrons. The van der Waals surface area contributed by atoms with Crippen molar-refractivity contribution in [1.29, 1.82) is 0 Å². The first-order chi connectivity index (χ1) is 16.4. The van der Waals surface area contributed by atoms with Crippen molar-refractivity contribution in [3.05, 3.63) is 42.0 Å². The highest BCUT2D eigenvalue weighted by Gasteiger charge is 2.51. The number of piperazine rings is 1. The van der Waals surface area contributed by atoms with Gasteiger partial charge in [0.05, 0.1) is 5.00 Å². The van der Waals surface area contributed by atoms with Crippen molar-refractivity contribution in [2.24, 2.45) is 5.92 Å². The van der Waals surface area contributed by atoms with Crippen LogP contribution in [0.25, 0.3) is 0 Å². The fourth-order valence-corrected chi connectivity index (χ4v) is 7.41. The van der Waals surface area contributed by atoms with Gasteiger partial charge >= 0.3 is 6.18 Å². The van der Waals surface area contributed by atoms with Gasteiger partial charge in [0.2, 0.25) is 0 Å². The maximum Gasteiger partial charge on any atom is 0.421 e. The summed E-state index contributed by atoms with van der Waals surface area (Å²) in [6.07, 6.45) is -2.30. The van der Waals surface area contributed by atoms with Gasteiger partial charge in [0.25, 0.3) is 10.0 Å². The number of hydrogen-bond acceptors (Lipinski definition) is 7. The van der Waals surface area contributed by atoms with Gasteiger partial charge in [-0.2, -0.15) is 17.5 Å². The second-order valence-corrected chi connectivity index (χ2v) is 12.6. The summed E-state index contributed by atoms with van der Waals surface area (Å²) in [5.41, 5.74) is 3.25. The third kappa shape index (κ3) is 5.46. The van der Waals surface area contributed by atoms with E-state index in [-0.39, 0.29) is 28.9 Å². The summed E-state index contributed by atoms with van der Waals surface area (Å²) < 4.78 is 73.4. The van der Waals surface area contributed by atoms with Crippen LogP contribution < -0.4 is 10.6 Å². The Balaban J connectivity index is 1.58. The molecule has 2 saturated heterocycles. The van der Waals surface area contributed by atoms with Gasteiger partial charge in [0.15, 0.2) is 5.60 Å². The molecule has 4 rings (SSSR count). The fraction of sp³-hybridized carbons (Fsp3) is 0.565. The Kier molecular flexibility index (Phi) is 7.41. The summed E-state index contributed by atoms with van der Waals surface area (Å²) in [7, 11) is -3.70. The molecule has 3 heterocycles. The minimum Gasteiger partial charge on any atom is -0.391 e. The number of sulfonamides is 1. The predicted octanol–water partition coefficient (Wildman–Crippen LogP) is 3.80. The summed E-state index contributed by atoms with van der Waals surface area (Å²) in [5, 5.41) is 10.4. The smallest absolute Gasteiger partial charge is 0.391 e. The third-order valence-corrected chi connectivity index (χ3v) is 10.1. The zero-order valence-corrected chi connectivity index (χ0v) is 21.0. The highest BCUT2D eigenvalue weighted by atomic mass is 32.2. The number of thiophene rings is 1. The van der Waals surface area contributed by atoms with Crippen LogP contribution in [0, 0.1) is 5.92 Å². The van der Waals surface area contributed by atoms with E-state index in [1.807, 2.05) is 0 Å². The normalized spacial score (nSPS) is 22.8. The van der Waals surface area contributed by atoms with E-state index in [1.165, 1.54) is 22.5 Å². The Morgan fingerprint density at radius 3 is 2.34 bits per heavy atom. The first kappa shape index (κ1) is 26.2. The van der Waals surface area contributed by atoms with Gasteiger partial charge in [-0.25, -0.2) is 8.42 Å². The maximum atomic E-state index is 13.3. The summed E-state index contributed by atoms with van der Waals surface area (Å²) in [5.74, 6) is 0.363. The lowest BCUT2D eigenvalue weighted by atomic mass is 9.90. The Morgan fingerprint density at radius 2 is 1.77 bits per heavy atom. The standard InChI is InChI=1S/C23H30F3N3O4S2/c1-22(30,23(24,25)26)17-2-4-18(5-3-17)29-11-10-28(35(31,32)21-7-6-20(27)34-21)15-19(29)14-16-8-12-33-13-9-16/h2-7,16,19,30H,8-15,27H2,1H3/t19-,22+/m0/s1. The van der Waals surface area contributed by atoms with E-state index in [1.54, 1.807) is 18.2 Å². The number of hydrogen-bond donors (Lipinski definition) is 2. The first-order valence-corrected chi connectivity index (χ1v) is 13.7. The molecule has 3 N–H and O–H groups in total. The molecule has 35 heavy (non-hydrogen) atoms. The van der Waals surface area contributed by atoms with Crippen molar-refractivity contribution in [2.75, 3.05) is 43.5 Å². The van der Waals surface area contributed by atoms with Crippen molar-refractivity contribution in [3.8, 4) is 0 Å². The van der Waals surface area contributed by atoms with Crippen LogP contribution in [0.1, 0.15) is 31.7 Å². The molecule has 194 valence electrons. The Labute approximate surface area is 207 Å². The Morgan fingerprint density at radius 1 is 1.11 bits per heavy atom. The molecule has 0 spiro atoms. The lowest BCUT2D eigenvalue weighted by Crippen LogP contribution is -2.55. The number of benzene rings is 1. The van der Waals surface area contributed by atoms with Crippen LogP contribution in [0.3, 0.4) is 0 Å². The van der Waals surface area contributed by atoms with Crippen LogP contribution in [0.5, 0.6) is 0 Å². The van der Waals surface area contributed by atoms with E-state index in [9.17, 15) is 26.7 Å². The average Bonchev–Trinajstić information content (AvgIpc) is 3.26. The minimum absolute atomic E-state index is 0.159. The molecule has 12 heteroatoms. The number of aliphatic hydroxyl groups is 1. The Hall–Kier alpha value is -1.86. The second kappa shape index (κ2) is 9.89. The lowest BCUT2D eigenvalue weighted by Gasteiger charge is -2.44. The summed E-state index contributed by atoms with van der Waals surface area (Å²) in [6.45, 7) is 2.95. The second-order valence-electron chi connectivity index (χ2n) is 9.28. The number of nitrogens with two attached hydrogens (primary N) is 1. The molecule has 7 nitrogen and oxygen atoms in total. The van der Waals surface area contributed by atoms with Gasteiger partial charge in [0.1, 0.15) is 4.21 Å². The van der Waals surface area contributed by atoms with Crippen LogP contribution in [0.2, 0.25) is 0 Å². The minimum atomic E-state index is -4.80. The van der Waals surface area contributed by atoms with Crippen LogP contribution in [0.4, 0.5) is 23.9 Å². The number of rotatable bonds is 6. The average molecular weight is 534 g/mol. The number of nitrogens with zero attached hydrogens (tertiary/aromatic N) is 2. The molecule has 0 saturated carbocycles. The topological polar surface area (TPSA) is 96.1 Å². The zero-order chi connectivity index (χ0) is 25.4. The van der Waals surface area contributed by atoms with Gasteiger partial charge in [-0.15, -0.1) is 11.3 Å². The number of alkyl halides is 3. The fourth-order valence-electron chi connectivity index (χ4n) is 4.69. The summed E-state index contributed by atoms with van der Waals surface area (Å²) in [6, 6.07) is 8.63. The molecule has 0 aliphatic carbocycles. The molecule has 2 aliphatic rings. The molecule has 2 fully saturated rings. The van der Waals surface area contributed by atoms with Crippen molar-refractivity contribution in [3.63, 3.8) is 0 Å². The number of anilines is 2. The van der Waals surface area contributed by atoms with E-state index >= 15 is 0 Å². The van der Waals surface area contributed by atoms with Crippen LogP contribution in [-0.4, -0.2) is 62.9 Å². The van der Waals surface area contributed by atoms with E-state index in [2.05, 4.69) is 4.90 Å². The molecule has 1 aromatic heterocycles. The van der Waals surface area contributed by atoms with Crippen molar-refractivity contribution in [2.45, 2.75) is 48.2 Å². The quantitative estimate of drug-likeness (QED) is 0.587. The molecule has 0 amide bonds. The van der Waals surface area contributed by atoms with E-state index in [0.29, 0.717) is 36.4 Å². The predicted molar refractivity (Wildman–Crippen MR) is 129 cm³/mol. The summed E-state index contributed by atoms with van der Waals surface area (Å²) in [4.78, 5) is 2.07. The molecule has 2 aromatic rings.